The number of nitriles is 1. The standard InChI is InChI=1S/C16H12F2N2O/c17-14-5-4-11(9-15(14)18)6-7-20-16(21)13-3-1-2-12(8-13)10-19/h1-5,8-9H,6-7H2,(H,20,21). The Kier molecular flexibility index (Phi) is 4.62. The smallest absolute Gasteiger partial charge is 0.251 e. The molecular weight excluding hydrogens is 274 g/mol. The third-order valence-corrected chi connectivity index (χ3v) is 2.94. The first-order chi connectivity index (χ1) is 10.1. The van der Waals surface area contributed by atoms with E-state index in [1.54, 1.807) is 18.2 Å². The maximum absolute atomic E-state index is 13.0. The van der Waals surface area contributed by atoms with Crippen molar-refractivity contribution in [2.45, 2.75) is 6.42 Å². The summed E-state index contributed by atoms with van der Waals surface area (Å²) >= 11 is 0. The molecular formula is C16H12F2N2O. The minimum absolute atomic E-state index is 0.292. The molecule has 1 N–H and O–H groups in total. The van der Waals surface area contributed by atoms with Crippen molar-refractivity contribution in [3.63, 3.8) is 0 Å². The topological polar surface area (TPSA) is 52.9 Å². The van der Waals surface area contributed by atoms with E-state index < -0.39 is 11.6 Å². The Morgan fingerprint density at radius 3 is 2.67 bits per heavy atom. The zero-order valence-electron chi connectivity index (χ0n) is 11.1. The van der Waals surface area contributed by atoms with Gasteiger partial charge in [-0.05, 0) is 42.3 Å². The number of hydrogen-bond donors (Lipinski definition) is 1. The summed E-state index contributed by atoms with van der Waals surface area (Å²) in [5.74, 6) is -2.11. The molecule has 3 nitrogen and oxygen atoms in total. The van der Waals surface area contributed by atoms with Crippen LogP contribution in [0.15, 0.2) is 42.5 Å². The highest BCUT2D eigenvalue weighted by atomic mass is 19.2. The van der Waals surface area contributed by atoms with Crippen molar-refractivity contribution in [3.8, 4) is 6.07 Å². The van der Waals surface area contributed by atoms with E-state index in [9.17, 15) is 13.6 Å². The molecule has 0 aliphatic carbocycles. The van der Waals surface area contributed by atoms with Crippen LogP contribution < -0.4 is 5.32 Å². The largest absolute Gasteiger partial charge is 0.352 e. The Bertz CT molecular complexity index is 708. The van der Waals surface area contributed by atoms with Crippen molar-refractivity contribution in [3.05, 3.63) is 70.8 Å². The first-order valence-corrected chi connectivity index (χ1v) is 6.32. The van der Waals surface area contributed by atoms with Crippen LogP contribution in [0.25, 0.3) is 0 Å². The molecule has 0 saturated heterocycles. The highest BCUT2D eigenvalue weighted by Gasteiger charge is 2.06. The average molecular weight is 286 g/mol. The molecule has 2 aromatic carbocycles. The van der Waals surface area contributed by atoms with Crippen LogP contribution in [-0.4, -0.2) is 12.5 Å². The molecule has 2 aromatic rings. The van der Waals surface area contributed by atoms with Gasteiger partial charge in [-0.25, -0.2) is 8.78 Å². The quantitative estimate of drug-likeness (QED) is 0.939. The number of carbonyl (C=O) groups excluding carboxylic acids is 1. The van der Waals surface area contributed by atoms with E-state index in [2.05, 4.69) is 5.32 Å². The molecule has 0 aliphatic heterocycles. The molecule has 0 atom stereocenters. The number of rotatable bonds is 4. The van der Waals surface area contributed by atoms with Gasteiger partial charge in [-0.2, -0.15) is 5.26 Å². The fraction of sp³-hybridized carbons (Fsp3) is 0.125. The van der Waals surface area contributed by atoms with E-state index in [0.717, 1.165) is 12.1 Å². The number of halogens is 2. The Morgan fingerprint density at radius 2 is 1.95 bits per heavy atom. The average Bonchev–Trinajstić information content (AvgIpc) is 2.50. The molecule has 0 aliphatic rings. The highest BCUT2D eigenvalue weighted by Crippen LogP contribution is 2.09. The Labute approximate surface area is 120 Å². The molecule has 0 heterocycles. The van der Waals surface area contributed by atoms with Crippen molar-refractivity contribution in [2.24, 2.45) is 0 Å². The van der Waals surface area contributed by atoms with E-state index in [1.165, 1.54) is 12.1 Å². The Hall–Kier alpha value is -2.74. The molecule has 0 radical (unpaired) electrons. The van der Waals surface area contributed by atoms with Crippen molar-refractivity contribution in [1.29, 1.82) is 5.26 Å². The van der Waals surface area contributed by atoms with Crippen LogP contribution in [0.4, 0.5) is 8.78 Å². The van der Waals surface area contributed by atoms with Crippen molar-refractivity contribution in [1.82, 2.24) is 5.32 Å². The third-order valence-electron chi connectivity index (χ3n) is 2.94. The zero-order chi connectivity index (χ0) is 15.2. The molecule has 0 fully saturated rings. The third kappa shape index (κ3) is 3.86. The molecule has 0 saturated carbocycles. The lowest BCUT2D eigenvalue weighted by molar-refractivity contribution is 0.0954. The van der Waals surface area contributed by atoms with Gasteiger partial charge in [0.05, 0.1) is 11.6 Å². The van der Waals surface area contributed by atoms with Crippen molar-refractivity contribution in [2.75, 3.05) is 6.54 Å². The number of nitrogens with zero attached hydrogens (tertiary/aromatic N) is 1. The molecule has 0 spiro atoms. The minimum atomic E-state index is -0.902. The van der Waals surface area contributed by atoms with Crippen LogP contribution in [0.2, 0.25) is 0 Å². The molecule has 21 heavy (non-hydrogen) atoms. The predicted molar refractivity (Wildman–Crippen MR) is 73.6 cm³/mol. The lowest BCUT2D eigenvalue weighted by atomic mass is 10.1. The summed E-state index contributed by atoms with van der Waals surface area (Å²) in [5.41, 5.74) is 1.39. The zero-order valence-corrected chi connectivity index (χ0v) is 11.1. The number of nitrogens with one attached hydrogen (secondary N) is 1. The Balaban J connectivity index is 1.92. The van der Waals surface area contributed by atoms with Gasteiger partial charge in [-0.3, -0.25) is 4.79 Å². The predicted octanol–water partition coefficient (Wildman–Crippen LogP) is 2.81. The summed E-state index contributed by atoms with van der Waals surface area (Å²) in [6.45, 7) is 0.292. The second-order valence-electron chi connectivity index (χ2n) is 4.45. The number of hydrogen-bond acceptors (Lipinski definition) is 2. The fourth-order valence-corrected chi connectivity index (χ4v) is 1.85. The summed E-state index contributed by atoms with van der Waals surface area (Å²) in [5, 5.41) is 11.4. The highest BCUT2D eigenvalue weighted by molar-refractivity contribution is 5.94. The van der Waals surface area contributed by atoms with Gasteiger partial charge in [0, 0.05) is 12.1 Å². The lowest BCUT2D eigenvalue weighted by Gasteiger charge is -2.06. The van der Waals surface area contributed by atoms with Crippen LogP contribution in [0.3, 0.4) is 0 Å². The molecule has 1 amide bonds. The van der Waals surface area contributed by atoms with Crippen LogP contribution in [-0.2, 0) is 6.42 Å². The van der Waals surface area contributed by atoms with Crippen molar-refractivity contribution < 1.29 is 13.6 Å². The SMILES string of the molecule is N#Cc1cccc(C(=O)NCCc2ccc(F)c(F)c2)c1. The maximum Gasteiger partial charge on any atom is 0.251 e. The van der Waals surface area contributed by atoms with Gasteiger partial charge < -0.3 is 5.32 Å². The van der Waals surface area contributed by atoms with Crippen LogP contribution in [0, 0.1) is 23.0 Å². The number of carbonyl (C=O) groups is 1. The van der Waals surface area contributed by atoms with E-state index in [-0.39, 0.29) is 5.91 Å². The monoisotopic (exact) mass is 286 g/mol. The van der Waals surface area contributed by atoms with Crippen LogP contribution in [0.1, 0.15) is 21.5 Å². The molecule has 0 bridgehead atoms. The maximum atomic E-state index is 13.0. The second kappa shape index (κ2) is 6.62. The van der Waals surface area contributed by atoms with Gasteiger partial charge in [0.15, 0.2) is 11.6 Å². The van der Waals surface area contributed by atoms with E-state index >= 15 is 0 Å². The van der Waals surface area contributed by atoms with Gasteiger partial charge >= 0.3 is 0 Å². The normalized spacial score (nSPS) is 9.95. The summed E-state index contributed by atoms with van der Waals surface area (Å²) in [6.07, 6.45) is 0.390. The van der Waals surface area contributed by atoms with Gasteiger partial charge in [0.1, 0.15) is 0 Å². The number of benzene rings is 2. The molecule has 106 valence electrons. The lowest BCUT2D eigenvalue weighted by Crippen LogP contribution is -2.25. The molecule has 5 heteroatoms. The van der Waals surface area contributed by atoms with Gasteiger partial charge in [-0.15, -0.1) is 0 Å². The fourth-order valence-electron chi connectivity index (χ4n) is 1.85. The van der Waals surface area contributed by atoms with Gasteiger partial charge in [0.25, 0.3) is 5.91 Å². The summed E-state index contributed by atoms with van der Waals surface area (Å²) in [6, 6.07) is 11.9. The van der Waals surface area contributed by atoms with E-state index in [1.807, 2.05) is 6.07 Å². The summed E-state index contributed by atoms with van der Waals surface area (Å²) < 4.78 is 25.8. The minimum Gasteiger partial charge on any atom is -0.352 e. The number of amides is 1. The molecule has 2 rings (SSSR count). The van der Waals surface area contributed by atoms with E-state index in [4.69, 9.17) is 5.26 Å². The first-order valence-electron chi connectivity index (χ1n) is 6.32. The van der Waals surface area contributed by atoms with E-state index in [0.29, 0.717) is 29.7 Å². The van der Waals surface area contributed by atoms with Gasteiger partial charge in [-0.1, -0.05) is 12.1 Å². The van der Waals surface area contributed by atoms with Crippen LogP contribution in [0.5, 0.6) is 0 Å². The van der Waals surface area contributed by atoms with Crippen LogP contribution >= 0.6 is 0 Å². The summed E-state index contributed by atoms with van der Waals surface area (Å²) in [7, 11) is 0. The van der Waals surface area contributed by atoms with Gasteiger partial charge in [0.2, 0.25) is 0 Å². The van der Waals surface area contributed by atoms with Crippen molar-refractivity contribution >= 4 is 5.91 Å². The Morgan fingerprint density at radius 1 is 1.14 bits per heavy atom. The summed E-state index contributed by atoms with van der Waals surface area (Å²) in [4.78, 5) is 11.9. The second-order valence-corrected chi connectivity index (χ2v) is 4.45. The molecule has 0 unspecified atom stereocenters. The first kappa shape index (κ1) is 14.7. The molecule has 0 aromatic heterocycles.